The summed E-state index contributed by atoms with van der Waals surface area (Å²) in [6.45, 7) is 2.40. The van der Waals surface area contributed by atoms with Crippen LogP contribution < -0.4 is 10.6 Å². The minimum Gasteiger partial charge on any atom is -0.436 e. The number of hydrogen-bond acceptors (Lipinski definition) is 6. The number of aromatic nitrogens is 2. The third kappa shape index (κ3) is 3.50. The van der Waals surface area contributed by atoms with E-state index in [0.29, 0.717) is 17.6 Å². The fraction of sp³-hybridized carbons (Fsp3) is 0.133. The van der Waals surface area contributed by atoms with Gasteiger partial charge in [0.25, 0.3) is 5.91 Å². The maximum Gasteiger partial charge on any atom is 0.293 e. The molecule has 0 spiro atoms. The standard InChI is InChI=1S/C15H14N4O2S/c1-10-9-22-15(18-10)19-14(20)12-5-6-13(21-12)17-8-11-4-2-3-7-16-11/h2-7,9,17H,8H2,1H3,(H,18,19,20). The Morgan fingerprint density at radius 2 is 2.23 bits per heavy atom. The van der Waals surface area contributed by atoms with Crippen LogP contribution in [0.15, 0.2) is 46.3 Å². The number of hydrogen-bond donors (Lipinski definition) is 2. The molecule has 6 nitrogen and oxygen atoms in total. The van der Waals surface area contributed by atoms with Crippen LogP contribution in [0.25, 0.3) is 0 Å². The van der Waals surface area contributed by atoms with Gasteiger partial charge in [0, 0.05) is 17.6 Å². The Labute approximate surface area is 131 Å². The van der Waals surface area contributed by atoms with E-state index in [2.05, 4.69) is 20.6 Å². The van der Waals surface area contributed by atoms with Crippen molar-refractivity contribution in [1.29, 1.82) is 0 Å². The molecule has 0 aliphatic rings. The zero-order chi connectivity index (χ0) is 15.4. The van der Waals surface area contributed by atoms with Crippen molar-refractivity contribution in [3.8, 4) is 0 Å². The summed E-state index contributed by atoms with van der Waals surface area (Å²) in [6, 6.07) is 9.02. The van der Waals surface area contributed by atoms with Crippen molar-refractivity contribution in [1.82, 2.24) is 9.97 Å². The molecule has 0 atom stereocenters. The van der Waals surface area contributed by atoms with Crippen molar-refractivity contribution >= 4 is 28.3 Å². The largest absolute Gasteiger partial charge is 0.436 e. The molecular weight excluding hydrogens is 300 g/mol. The van der Waals surface area contributed by atoms with E-state index in [0.717, 1.165) is 11.4 Å². The van der Waals surface area contributed by atoms with Gasteiger partial charge in [-0.15, -0.1) is 11.3 Å². The molecule has 3 aromatic rings. The summed E-state index contributed by atoms with van der Waals surface area (Å²) in [5.74, 6) is 0.433. The van der Waals surface area contributed by atoms with Gasteiger partial charge in [0.15, 0.2) is 16.8 Å². The van der Waals surface area contributed by atoms with Gasteiger partial charge in [-0.1, -0.05) is 6.07 Å². The fourth-order valence-electron chi connectivity index (χ4n) is 1.81. The van der Waals surface area contributed by atoms with Gasteiger partial charge in [0.2, 0.25) is 0 Å². The predicted molar refractivity (Wildman–Crippen MR) is 85.1 cm³/mol. The van der Waals surface area contributed by atoms with Crippen LogP contribution in [-0.2, 0) is 6.54 Å². The topological polar surface area (TPSA) is 80.0 Å². The number of nitrogens with one attached hydrogen (secondary N) is 2. The van der Waals surface area contributed by atoms with Crippen LogP contribution in [0.5, 0.6) is 0 Å². The first kappa shape index (κ1) is 14.3. The van der Waals surface area contributed by atoms with E-state index in [-0.39, 0.29) is 11.7 Å². The van der Waals surface area contributed by atoms with Gasteiger partial charge in [0.1, 0.15) is 0 Å². The smallest absolute Gasteiger partial charge is 0.293 e. The van der Waals surface area contributed by atoms with Gasteiger partial charge in [-0.05, 0) is 25.1 Å². The Bertz CT molecular complexity index is 767. The number of amides is 1. The van der Waals surface area contributed by atoms with Gasteiger partial charge in [0.05, 0.1) is 17.9 Å². The highest BCUT2D eigenvalue weighted by atomic mass is 32.1. The van der Waals surface area contributed by atoms with Crippen molar-refractivity contribution in [2.45, 2.75) is 13.5 Å². The number of pyridine rings is 1. The maximum absolute atomic E-state index is 12.0. The molecule has 1 amide bonds. The first-order valence-corrected chi connectivity index (χ1v) is 7.56. The third-order valence-electron chi connectivity index (χ3n) is 2.84. The van der Waals surface area contributed by atoms with Crippen LogP contribution in [-0.4, -0.2) is 15.9 Å². The quantitative estimate of drug-likeness (QED) is 0.755. The van der Waals surface area contributed by atoms with Crippen LogP contribution in [0.4, 0.5) is 11.0 Å². The number of nitrogens with zero attached hydrogens (tertiary/aromatic N) is 2. The van der Waals surface area contributed by atoms with Crippen LogP contribution in [0.1, 0.15) is 21.9 Å². The zero-order valence-corrected chi connectivity index (χ0v) is 12.7. The molecule has 0 saturated heterocycles. The van der Waals surface area contributed by atoms with Gasteiger partial charge in [-0.2, -0.15) is 0 Å². The lowest BCUT2D eigenvalue weighted by Gasteiger charge is -2.02. The lowest BCUT2D eigenvalue weighted by molar-refractivity contribution is 0.0997. The number of carbonyl (C=O) groups excluding carboxylic acids is 1. The Hall–Kier alpha value is -2.67. The summed E-state index contributed by atoms with van der Waals surface area (Å²) in [5.41, 5.74) is 1.76. The minimum absolute atomic E-state index is 0.233. The van der Waals surface area contributed by atoms with Gasteiger partial charge < -0.3 is 9.73 Å². The van der Waals surface area contributed by atoms with Gasteiger partial charge in [-0.25, -0.2) is 4.98 Å². The van der Waals surface area contributed by atoms with E-state index in [1.807, 2.05) is 30.5 Å². The average Bonchev–Trinajstić information content (AvgIpc) is 3.15. The highest BCUT2D eigenvalue weighted by molar-refractivity contribution is 7.13. The summed E-state index contributed by atoms with van der Waals surface area (Å²) in [5, 5.41) is 8.21. The second-order valence-electron chi connectivity index (χ2n) is 4.59. The molecule has 0 aromatic carbocycles. The average molecular weight is 314 g/mol. The van der Waals surface area contributed by atoms with E-state index in [9.17, 15) is 4.79 Å². The van der Waals surface area contributed by atoms with E-state index in [1.165, 1.54) is 11.3 Å². The Balaban J connectivity index is 1.59. The van der Waals surface area contributed by atoms with Gasteiger partial charge >= 0.3 is 0 Å². The van der Waals surface area contributed by atoms with E-state index >= 15 is 0 Å². The van der Waals surface area contributed by atoms with Crippen LogP contribution in [0, 0.1) is 6.92 Å². The number of anilines is 2. The first-order chi connectivity index (χ1) is 10.7. The summed E-state index contributed by atoms with van der Waals surface area (Å²) >= 11 is 1.38. The van der Waals surface area contributed by atoms with Crippen LogP contribution in [0.2, 0.25) is 0 Å². The second kappa shape index (κ2) is 6.40. The molecule has 0 saturated carbocycles. The molecule has 0 bridgehead atoms. The summed E-state index contributed by atoms with van der Waals surface area (Å²) in [7, 11) is 0. The molecule has 112 valence electrons. The lowest BCUT2D eigenvalue weighted by Crippen LogP contribution is -2.10. The number of furan rings is 1. The molecular formula is C15H14N4O2S. The van der Waals surface area contributed by atoms with E-state index in [4.69, 9.17) is 4.42 Å². The third-order valence-corrected chi connectivity index (χ3v) is 3.71. The summed E-state index contributed by atoms with van der Waals surface area (Å²) < 4.78 is 5.47. The van der Waals surface area contributed by atoms with Gasteiger partial charge in [-0.3, -0.25) is 15.1 Å². The van der Waals surface area contributed by atoms with E-state index < -0.39 is 0 Å². The van der Waals surface area contributed by atoms with Crippen molar-refractivity contribution < 1.29 is 9.21 Å². The molecule has 0 radical (unpaired) electrons. The predicted octanol–water partition coefficient (Wildman–Crippen LogP) is 3.30. The zero-order valence-electron chi connectivity index (χ0n) is 11.9. The highest BCUT2D eigenvalue weighted by Crippen LogP contribution is 2.18. The molecule has 0 aliphatic carbocycles. The fourth-order valence-corrected chi connectivity index (χ4v) is 2.49. The molecule has 0 fully saturated rings. The monoisotopic (exact) mass is 314 g/mol. The number of thiazole rings is 1. The lowest BCUT2D eigenvalue weighted by atomic mass is 10.3. The van der Waals surface area contributed by atoms with Crippen LogP contribution >= 0.6 is 11.3 Å². The molecule has 7 heteroatoms. The molecule has 3 rings (SSSR count). The Morgan fingerprint density at radius 3 is 2.95 bits per heavy atom. The SMILES string of the molecule is Cc1csc(NC(=O)c2ccc(NCc3ccccn3)o2)n1. The number of aryl methyl sites for hydroxylation is 1. The van der Waals surface area contributed by atoms with Crippen molar-refractivity contribution in [3.63, 3.8) is 0 Å². The van der Waals surface area contributed by atoms with Crippen molar-refractivity contribution in [2.75, 3.05) is 10.6 Å². The maximum atomic E-state index is 12.0. The number of rotatable bonds is 5. The molecule has 2 N–H and O–H groups in total. The molecule has 0 aliphatic heterocycles. The second-order valence-corrected chi connectivity index (χ2v) is 5.44. The minimum atomic E-state index is -0.319. The Kier molecular flexibility index (Phi) is 4.15. The van der Waals surface area contributed by atoms with Crippen molar-refractivity contribution in [3.05, 3.63) is 59.1 Å². The summed E-state index contributed by atoms with van der Waals surface area (Å²) in [6.07, 6.45) is 1.73. The number of carbonyl (C=O) groups is 1. The molecule has 0 unspecified atom stereocenters. The highest BCUT2D eigenvalue weighted by Gasteiger charge is 2.13. The van der Waals surface area contributed by atoms with Crippen molar-refractivity contribution in [2.24, 2.45) is 0 Å². The summed E-state index contributed by atoms with van der Waals surface area (Å²) in [4.78, 5) is 20.4. The molecule has 3 heterocycles. The normalized spacial score (nSPS) is 10.4. The van der Waals surface area contributed by atoms with Crippen LogP contribution in [0.3, 0.4) is 0 Å². The molecule has 3 aromatic heterocycles. The molecule has 22 heavy (non-hydrogen) atoms. The van der Waals surface area contributed by atoms with E-state index in [1.54, 1.807) is 18.3 Å². The Morgan fingerprint density at radius 1 is 1.32 bits per heavy atom. The first-order valence-electron chi connectivity index (χ1n) is 6.68.